The summed E-state index contributed by atoms with van der Waals surface area (Å²) in [5.41, 5.74) is 3.30. The van der Waals surface area contributed by atoms with Gasteiger partial charge in [0.25, 0.3) is 5.91 Å². The lowest BCUT2D eigenvalue weighted by Crippen LogP contribution is -2.67. The fourth-order valence-electron chi connectivity index (χ4n) is 6.05. The van der Waals surface area contributed by atoms with Gasteiger partial charge in [-0.05, 0) is 55.5 Å². The van der Waals surface area contributed by atoms with E-state index in [2.05, 4.69) is 35.4 Å². The molecule has 7 heteroatoms. The van der Waals surface area contributed by atoms with E-state index in [1.807, 2.05) is 12.1 Å². The standard InChI is InChI=1S/C24H32N4O3/c1-15(2)21-24(14-25-21)7-9-27(10-8-24)12-16-3-4-17-13-28(23(31)18(17)11-16)19-5-6-20(29)26-22(19)30/h3-4,11,15,19,21,25H,5-10,12-14H2,1-2H3,(H,26,29,30). The van der Waals surface area contributed by atoms with E-state index in [0.29, 0.717) is 35.9 Å². The lowest BCUT2D eigenvalue weighted by atomic mass is 9.63. The van der Waals surface area contributed by atoms with Crippen LogP contribution in [0, 0.1) is 11.3 Å². The van der Waals surface area contributed by atoms with Gasteiger partial charge in [-0.1, -0.05) is 26.0 Å². The van der Waals surface area contributed by atoms with Crippen molar-refractivity contribution in [1.82, 2.24) is 20.4 Å². The quantitative estimate of drug-likeness (QED) is 0.719. The lowest BCUT2D eigenvalue weighted by molar-refractivity contribution is -0.136. The van der Waals surface area contributed by atoms with Crippen LogP contribution in [0.2, 0.25) is 0 Å². The van der Waals surface area contributed by atoms with Crippen molar-refractivity contribution < 1.29 is 14.4 Å². The molecule has 166 valence electrons. The SMILES string of the molecule is CC(C)C1NCC12CCN(Cc1ccc3c(c1)C(=O)N(C1CCC(=O)NC1=O)C3)CC2. The van der Waals surface area contributed by atoms with E-state index >= 15 is 0 Å². The summed E-state index contributed by atoms with van der Waals surface area (Å²) < 4.78 is 0. The van der Waals surface area contributed by atoms with E-state index in [0.717, 1.165) is 37.3 Å². The Bertz CT molecular complexity index is 919. The minimum absolute atomic E-state index is 0.0933. The minimum Gasteiger partial charge on any atom is -0.322 e. The van der Waals surface area contributed by atoms with E-state index in [4.69, 9.17) is 0 Å². The molecule has 4 aliphatic rings. The van der Waals surface area contributed by atoms with Crippen molar-refractivity contribution in [3.8, 4) is 0 Å². The lowest BCUT2D eigenvalue weighted by Gasteiger charge is -2.56. The van der Waals surface area contributed by atoms with Gasteiger partial charge in [0.15, 0.2) is 0 Å². The van der Waals surface area contributed by atoms with Crippen LogP contribution < -0.4 is 10.6 Å². The van der Waals surface area contributed by atoms with Crippen molar-refractivity contribution in [1.29, 1.82) is 0 Å². The van der Waals surface area contributed by atoms with Gasteiger partial charge in [0.1, 0.15) is 6.04 Å². The molecule has 0 aromatic heterocycles. The Kier molecular flexibility index (Phi) is 5.13. The van der Waals surface area contributed by atoms with E-state index in [-0.39, 0.29) is 24.1 Å². The average Bonchev–Trinajstić information content (AvgIpc) is 3.03. The summed E-state index contributed by atoms with van der Waals surface area (Å²) in [6.45, 7) is 9.25. The fourth-order valence-corrected chi connectivity index (χ4v) is 6.05. The molecule has 1 aromatic carbocycles. The number of piperidine rings is 2. The molecule has 1 aromatic rings. The molecule has 3 fully saturated rings. The zero-order valence-corrected chi connectivity index (χ0v) is 18.4. The van der Waals surface area contributed by atoms with Crippen molar-refractivity contribution in [2.75, 3.05) is 19.6 Å². The van der Waals surface area contributed by atoms with Crippen LogP contribution in [-0.2, 0) is 22.7 Å². The van der Waals surface area contributed by atoms with Gasteiger partial charge in [0, 0.05) is 43.1 Å². The first-order chi connectivity index (χ1) is 14.9. The van der Waals surface area contributed by atoms with Gasteiger partial charge in [0.2, 0.25) is 11.8 Å². The molecular formula is C24H32N4O3. The van der Waals surface area contributed by atoms with Gasteiger partial charge in [-0.25, -0.2) is 0 Å². The van der Waals surface area contributed by atoms with Crippen LogP contribution in [0.3, 0.4) is 0 Å². The van der Waals surface area contributed by atoms with Crippen LogP contribution >= 0.6 is 0 Å². The van der Waals surface area contributed by atoms with Crippen LogP contribution in [0.4, 0.5) is 0 Å². The summed E-state index contributed by atoms with van der Waals surface area (Å²) in [4.78, 5) is 40.8. The number of carbonyl (C=O) groups excluding carboxylic acids is 3. The summed E-state index contributed by atoms with van der Waals surface area (Å²) in [6, 6.07) is 6.25. The largest absolute Gasteiger partial charge is 0.322 e. The molecule has 7 nitrogen and oxygen atoms in total. The molecule has 2 atom stereocenters. The number of nitrogens with zero attached hydrogens (tertiary/aromatic N) is 2. The highest BCUT2D eigenvalue weighted by molar-refractivity contribution is 6.05. The smallest absolute Gasteiger partial charge is 0.255 e. The number of rotatable bonds is 4. The van der Waals surface area contributed by atoms with Crippen molar-refractivity contribution in [2.45, 2.75) is 64.7 Å². The summed E-state index contributed by atoms with van der Waals surface area (Å²) in [7, 11) is 0. The van der Waals surface area contributed by atoms with E-state index in [9.17, 15) is 14.4 Å². The number of likely N-dealkylation sites (tertiary alicyclic amines) is 1. The number of hydrogen-bond donors (Lipinski definition) is 2. The van der Waals surface area contributed by atoms with Crippen molar-refractivity contribution in [2.24, 2.45) is 11.3 Å². The number of carbonyl (C=O) groups is 3. The summed E-state index contributed by atoms with van der Waals surface area (Å²) in [5, 5.41) is 5.99. The molecule has 0 radical (unpaired) electrons. The number of imide groups is 1. The third kappa shape index (κ3) is 3.57. The van der Waals surface area contributed by atoms with Crippen molar-refractivity contribution in [3.05, 3.63) is 34.9 Å². The molecule has 2 N–H and O–H groups in total. The van der Waals surface area contributed by atoms with Gasteiger partial charge < -0.3 is 10.2 Å². The minimum atomic E-state index is -0.552. The van der Waals surface area contributed by atoms with E-state index in [1.54, 1.807) is 4.90 Å². The summed E-state index contributed by atoms with van der Waals surface area (Å²) in [6.07, 6.45) is 3.15. The normalized spacial score (nSPS) is 28.1. The molecule has 4 aliphatic heterocycles. The van der Waals surface area contributed by atoms with Gasteiger partial charge in [-0.3, -0.25) is 24.6 Å². The highest BCUT2D eigenvalue weighted by Gasteiger charge is 2.49. The Labute approximate surface area is 183 Å². The zero-order valence-electron chi connectivity index (χ0n) is 18.4. The van der Waals surface area contributed by atoms with Crippen LogP contribution in [0.1, 0.15) is 61.0 Å². The van der Waals surface area contributed by atoms with Crippen molar-refractivity contribution in [3.63, 3.8) is 0 Å². The second-order valence-corrected chi connectivity index (χ2v) is 10.1. The second-order valence-electron chi connectivity index (χ2n) is 10.1. The number of hydrogen-bond acceptors (Lipinski definition) is 5. The number of nitrogens with one attached hydrogen (secondary N) is 2. The third-order valence-electron chi connectivity index (χ3n) is 7.85. The first kappa shape index (κ1) is 20.6. The van der Waals surface area contributed by atoms with Crippen LogP contribution in [0.15, 0.2) is 18.2 Å². The van der Waals surface area contributed by atoms with Crippen molar-refractivity contribution >= 4 is 17.7 Å². The molecular weight excluding hydrogens is 392 g/mol. The van der Waals surface area contributed by atoms with Crippen LogP contribution in [0.25, 0.3) is 0 Å². The topological polar surface area (TPSA) is 81.8 Å². The fraction of sp³-hybridized carbons (Fsp3) is 0.625. The molecule has 0 saturated carbocycles. The van der Waals surface area contributed by atoms with Gasteiger partial charge in [0.05, 0.1) is 0 Å². The predicted molar refractivity (Wildman–Crippen MR) is 116 cm³/mol. The first-order valence-corrected chi connectivity index (χ1v) is 11.6. The molecule has 5 rings (SSSR count). The number of fused-ring (bicyclic) bond motifs is 1. The molecule has 3 saturated heterocycles. The molecule has 0 bridgehead atoms. The Morgan fingerprint density at radius 3 is 2.58 bits per heavy atom. The third-order valence-corrected chi connectivity index (χ3v) is 7.85. The molecule has 2 unspecified atom stereocenters. The maximum atomic E-state index is 13.0. The molecule has 1 spiro atoms. The number of benzene rings is 1. The van der Waals surface area contributed by atoms with Gasteiger partial charge >= 0.3 is 0 Å². The predicted octanol–water partition coefficient (Wildman–Crippen LogP) is 1.66. The van der Waals surface area contributed by atoms with E-state index < -0.39 is 6.04 Å². The Balaban J connectivity index is 1.23. The second kappa shape index (κ2) is 7.71. The zero-order chi connectivity index (χ0) is 21.8. The number of amides is 3. The molecule has 4 heterocycles. The van der Waals surface area contributed by atoms with Crippen LogP contribution in [-0.4, -0.2) is 59.2 Å². The molecule has 0 aliphatic carbocycles. The molecule has 3 amide bonds. The van der Waals surface area contributed by atoms with Crippen LogP contribution in [0.5, 0.6) is 0 Å². The Hall–Kier alpha value is -2.25. The summed E-state index contributed by atoms with van der Waals surface area (Å²) >= 11 is 0. The average molecular weight is 425 g/mol. The Morgan fingerprint density at radius 2 is 1.94 bits per heavy atom. The van der Waals surface area contributed by atoms with E-state index in [1.165, 1.54) is 12.8 Å². The van der Waals surface area contributed by atoms with Gasteiger partial charge in [-0.15, -0.1) is 0 Å². The highest BCUT2D eigenvalue weighted by Crippen LogP contribution is 2.43. The molecule has 31 heavy (non-hydrogen) atoms. The monoisotopic (exact) mass is 424 g/mol. The summed E-state index contributed by atoms with van der Waals surface area (Å²) in [5.74, 6) is -0.0296. The van der Waals surface area contributed by atoms with Gasteiger partial charge in [-0.2, -0.15) is 0 Å². The highest BCUT2D eigenvalue weighted by atomic mass is 16.2. The Morgan fingerprint density at radius 1 is 1.16 bits per heavy atom. The maximum Gasteiger partial charge on any atom is 0.255 e. The first-order valence-electron chi connectivity index (χ1n) is 11.6. The maximum absolute atomic E-state index is 13.0.